The largest absolute Gasteiger partial charge is 0.481 e. The van der Waals surface area contributed by atoms with Crippen molar-refractivity contribution in [2.45, 2.75) is 148 Å². The fourth-order valence-corrected chi connectivity index (χ4v) is 9.60. The molecule has 362 valence electrons. The maximum Gasteiger partial charge on any atom is 0.326 e. The zero-order chi connectivity index (χ0) is 48.8. The summed E-state index contributed by atoms with van der Waals surface area (Å²) in [6, 6.07) is 22.9. The highest BCUT2D eigenvalue weighted by molar-refractivity contribution is 6.12. The number of aliphatic hydroxyl groups is 2. The predicted octanol–water partition coefficient (Wildman–Crippen LogP) is 8.25. The van der Waals surface area contributed by atoms with E-state index in [1.807, 2.05) is 86.0 Å². The van der Waals surface area contributed by atoms with E-state index in [-0.39, 0.29) is 60.9 Å². The first-order chi connectivity index (χ1) is 32.1. The maximum atomic E-state index is 14.0. The smallest absolute Gasteiger partial charge is 0.326 e. The average molecular weight is 927 g/mol. The van der Waals surface area contributed by atoms with Crippen LogP contribution < -0.4 is 10.6 Å². The van der Waals surface area contributed by atoms with Crippen molar-refractivity contribution in [1.82, 2.24) is 14.8 Å². The number of carboxylic acids is 2. The SMILES string of the molecule is CC(C)c1c(C(=O)Nc2ccccc2)c(-c2ccccc2)c(-c2ccc(F)cc2)n1CC[C@@H](O)C[C@@H](O)CC(=O)O.CCC[C@H](N[C@@H](C)C(=O)N1[C@H](C(=O)O)C[C@@H]2CCCC[C@@H]21)C(=O)OCC. The summed E-state index contributed by atoms with van der Waals surface area (Å²) in [6.45, 7) is 9.97. The number of aromatic nitrogens is 1. The summed E-state index contributed by atoms with van der Waals surface area (Å²) < 4.78 is 21.1. The Morgan fingerprint density at radius 1 is 0.821 bits per heavy atom. The van der Waals surface area contributed by atoms with E-state index in [9.17, 15) is 43.7 Å². The molecule has 1 saturated carbocycles. The van der Waals surface area contributed by atoms with E-state index in [1.165, 1.54) is 12.1 Å². The normalized spacial score (nSPS) is 18.5. The highest BCUT2D eigenvalue weighted by Gasteiger charge is 2.48. The Hall–Kier alpha value is -5.90. The number of anilines is 1. The Morgan fingerprint density at radius 3 is 2.06 bits per heavy atom. The summed E-state index contributed by atoms with van der Waals surface area (Å²) >= 11 is 0. The summed E-state index contributed by atoms with van der Waals surface area (Å²) in [6.07, 6.45) is 3.37. The number of benzene rings is 3. The third-order valence-corrected chi connectivity index (χ3v) is 12.5. The first kappa shape index (κ1) is 52.1. The molecule has 67 heavy (non-hydrogen) atoms. The second-order valence-corrected chi connectivity index (χ2v) is 17.8. The Labute approximate surface area is 392 Å². The predicted molar refractivity (Wildman–Crippen MR) is 254 cm³/mol. The van der Waals surface area contributed by atoms with Gasteiger partial charge in [0.25, 0.3) is 5.91 Å². The van der Waals surface area contributed by atoms with Crippen LogP contribution >= 0.6 is 0 Å². The van der Waals surface area contributed by atoms with E-state index in [0.717, 1.165) is 43.4 Å². The van der Waals surface area contributed by atoms with Crippen molar-refractivity contribution >= 4 is 35.4 Å². The molecule has 1 saturated heterocycles. The van der Waals surface area contributed by atoms with E-state index in [4.69, 9.17) is 9.84 Å². The number of ether oxygens (including phenoxy) is 1. The first-order valence-electron chi connectivity index (χ1n) is 23.6. The molecule has 1 aliphatic heterocycles. The molecule has 1 aromatic heterocycles. The summed E-state index contributed by atoms with van der Waals surface area (Å²) in [4.78, 5) is 63.5. The number of halogens is 1. The number of nitrogens with zero attached hydrogens (tertiary/aromatic N) is 2. The van der Waals surface area contributed by atoms with Crippen LogP contribution in [-0.4, -0.2) is 103 Å². The quantitative estimate of drug-likeness (QED) is 0.0465. The van der Waals surface area contributed by atoms with Crippen LogP contribution in [0.4, 0.5) is 10.1 Å². The number of nitrogens with one attached hydrogen (secondary N) is 2. The number of aliphatic hydroxyl groups excluding tert-OH is 2. The van der Waals surface area contributed by atoms with Crippen molar-refractivity contribution in [2.24, 2.45) is 5.92 Å². The minimum absolute atomic E-state index is 0.00817. The van der Waals surface area contributed by atoms with Gasteiger partial charge in [0.2, 0.25) is 5.91 Å². The van der Waals surface area contributed by atoms with Crippen molar-refractivity contribution in [3.63, 3.8) is 0 Å². The van der Waals surface area contributed by atoms with E-state index in [1.54, 1.807) is 30.9 Å². The Bertz CT molecular complexity index is 2270. The lowest BCUT2D eigenvalue weighted by Gasteiger charge is -2.35. The second-order valence-electron chi connectivity index (χ2n) is 17.8. The van der Waals surface area contributed by atoms with E-state index < -0.39 is 48.7 Å². The summed E-state index contributed by atoms with van der Waals surface area (Å²) in [5.74, 6) is -3.18. The van der Waals surface area contributed by atoms with Gasteiger partial charge in [-0.15, -0.1) is 0 Å². The maximum absolute atomic E-state index is 14.0. The number of hydrogen-bond acceptors (Lipinski definition) is 9. The number of carbonyl (C=O) groups excluding carboxylic acids is 3. The van der Waals surface area contributed by atoms with Crippen LogP contribution in [0.3, 0.4) is 0 Å². The molecule has 6 rings (SSSR count). The molecule has 2 heterocycles. The molecule has 7 atom stereocenters. The number of carbonyl (C=O) groups is 5. The molecule has 4 aromatic rings. The van der Waals surface area contributed by atoms with Crippen molar-refractivity contribution in [2.75, 3.05) is 11.9 Å². The van der Waals surface area contributed by atoms with E-state index in [2.05, 4.69) is 10.6 Å². The molecule has 14 nitrogen and oxygen atoms in total. The second kappa shape index (κ2) is 24.7. The van der Waals surface area contributed by atoms with Crippen LogP contribution in [0.5, 0.6) is 0 Å². The van der Waals surface area contributed by atoms with Crippen LogP contribution in [-0.2, 0) is 30.5 Å². The average Bonchev–Trinajstić information content (AvgIpc) is 3.86. The number of aliphatic carboxylic acids is 2. The molecule has 15 heteroatoms. The fraction of sp³-hybridized carbons (Fsp3) is 0.481. The van der Waals surface area contributed by atoms with Crippen molar-refractivity contribution in [1.29, 1.82) is 0 Å². The van der Waals surface area contributed by atoms with E-state index >= 15 is 0 Å². The monoisotopic (exact) mass is 926 g/mol. The molecule has 0 unspecified atom stereocenters. The summed E-state index contributed by atoms with van der Waals surface area (Å²) in [7, 11) is 0. The van der Waals surface area contributed by atoms with Crippen LogP contribution in [0.25, 0.3) is 22.4 Å². The van der Waals surface area contributed by atoms with Gasteiger partial charge in [-0.3, -0.25) is 24.5 Å². The number of esters is 1. The Kier molecular flexibility index (Phi) is 19.2. The van der Waals surface area contributed by atoms with Gasteiger partial charge in [0, 0.05) is 29.5 Å². The molecule has 0 spiro atoms. The summed E-state index contributed by atoms with van der Waals surface area (Å²) in [5, 5.41) is 45.5. The molecule has 6 N–H and O–H groups in total. The van der Waals surface area contributed by atoms with Crippen molar-refractivity contribution in [3.8, 4) is 22.4 Å². The number of fused-ring (bicyclic) bond motifs is 1. The minimum Gasteiger partial charge on any atom is -0.481 e. The molecular weight excluding hydrogens is 860 g/mol. The third kappa shape index (κ3) is 13.6. The number of hydrogen-bond donors (Lipinski definition) is 6. The van der Waals surface area contributed by atoms with Crippen molar-refractivity contribution < 1.29 is 53.5 Å². The lowest BCUT2D eigenvalue weighted by atomic mass is 9.84. The van der Waals surface area contributed by atoms with Gasteiger partial charge in [-0.05, 0) is 112 Å². The minimum atomic E-state index is -1.18. The lowest BCUT2D eigenvalue weighted by molar-refractivity contribution is -0.152. The summed E-state index contributed by atoms with van der Waals surface area (Å²) in [5.41, 5.74) is 4.77. The van der Waals surface area contributed by atoms with Gasteiger partial charge in [-0.2, -0.15) is 0 Å². The molecule has 2 fully saturated rings. The van der Waals surface area contributed by atoms with Crippen LogP contribution in [0.15, 0.2) is 84.9 Å². The van der Waals surface area contributed by atoms with E-state index in [0.29, 0.717) is 47.5 Å². The van der Waals surface area contributed by atoms with Crippen LogP contribution in [0.1, 0.15) is 121 Å². The first-order valence-corrected chi connectivity index (χ1v) is 23.6. The Morgan fingerprint density at radius 2 is 1.46 bits per heavy atom. The molecule has 1 aliphatic carbocycles. The zero-order valence-corrected chi connectivity index (χ0v) is 39.2. The molecular formula is C52H67FN4O10. The number of para-hydroxylation sites is 1. The molecule has 2 aliphatic rings. The molecule has 3 aromatic carbocycles. The van der Waals surface area contributed by atoms with Gasteiger partial charge in [-0.25, -0.2) is 9.18 Å². The van der Waals surface area contributed by atoms with Crippen LogP contribution in [0.2, 0.25) is 0 Å². The topological polar surface area (TPSA) is 208 Å². The number of carboxylic acid groups (broad SMARTS) is 2. The molecule has 0 radical (unpaired) electrons. The van der Waals surface area contributed by atoms with Gasteiger partial charge < -0.3 is 39.9 Å². The van der Waals surface area contributed by atoms with Crippen molar-refractivity contribution in [3.05, 3.63) is 102 Å². The number of amides is 2. The Balaban J connectivity index is 0.000000278. The molecule has 0 bridgehead atoms. The third-order valence-electron chi connectivity index (χ3n) is 12.5. The van der Waals surface area contributed by atoms with Gasteiger partial charge >= 0.3 is 17.9 Å². The fourth-order valence-electron chi connectivity index (χ4n) is 9.60. The number of rotatable bonds is 20. The van der Waals surface area contributed by atoms with Gasteiger partial charge in [-0.1, -0.05) is 88.6 Å². The van der Waals surface area contributed by atoms with Gasteiger partial charge in [0.05, 0.1) is 42.5 Å². The van der Waals surface area contributed by atoms with Gasteiger partial charge in [0.15, 0.2) is 0 Å². The van der Waals surface area contributed by atoms with Crippen LogP contribution in [0, 0.1) is 11.7 Å². The standard InChI is InChI=1S/C33H35FN2O5.C19H32N2O5/c1-21(2)31-30(33(41)35-25-11-7-4-8-12-25)29(22-9-5-3-6-10-22)32(23-13-15-24(34)16-14-23)36(31)18-17-26(37)19-27(38)20-28(39)40;1-4-8-14(19(25)26-5-2)20-12(3)17(22)21-15-10-7-6-9-13(15)11-16(21)18(23)24/h3-16,21,26-27,37-38H,17-20H2,1-2H3,(H,35,41)(H,39,40);12-16,20H,4-11H2,1-3H3,(H,23,24)/t26-,27-;12-,13-,14-,15-,16-/m10/s1. The zero-order valence-electron chi connectivity index (χ0n) is 39.2. The van der Waals surface area contributed by atoms with Gasteiger partial charge in [0.1, 0.15) is 17.9 Å². The molecule has 2 amide bonds. The highest BCUT2D eigenvalue weighted by Crippen LogP contribution is 2.43. The number of likely N-dealkylation sites (tertiary alicyclic amines) is 1. The highest BCUT2D eigenvalue weighted by atomic mass is 19.1. The lowest BCUT2D eigenvalue weighted by Crippen LogP contribution is -2.55.